The summed E-state index contributed by atoms with van der Waals surface area (Å²) < 4.78 is 12.5. The van der Waals surface area contributed by atoms with E-state index in [4.69, 9.17) is 9.47 Å². The number of hydrogen-bond acceptors (Lipinski definition) is 3. The summed E-state index contributed by atoms with van der Waals surface area (Å²) >= 11 is 0. The molecular weight excluding hydrogens is 468 g/mol. The van der Waals surface area contributed by atoms with Gasteiger partial charge in [-0.25, -0.2) is 0 Å². The lowest BCUT2D eigenvalue weighted by Gasteiger charge is -2.44. The minimum atomic E-state index is 0.331. The van der Waals surface area contributed by atoms with Crippen molar-refractivity contribution in [2.45, 2.75) is 167 Å². The molecule has 0 aromatic heterocycles. The number of Topliss-reactive ketones (excluding diaryl/α,β-unsaturated/α-hetero) is 1. The maximum Gasteiger partial charge on any atom is 0.140 e. The highest BCUT2D eigenvalue weighted by atomic mass is 16.5. The molecule has 3 heteroatoms. The molecule has 4 fully saturated rings. The van der Waals surface area contributed by atoms with Gasteiger partial charge in [-0.05, 0) is 114 Å². The van der Waals surface area contributed by atoms with Crippen molar-refractivity contribution in [1.82, 2.24) is 0 Å². The van der Waals surface area contributed by atoms with E-state index >= 15 is 0 Å². The molecule has 4 aliphatic rings. The number of rotatable bonds is 14. The molecule has 4 saturated carbocycles. The van der Waals surface area contributed by atoms with Crippen LogP contribution in [-0.2, 0) is 14.3 Å². The van der Waals surface area contributed by atoms with Crippen molar-refractivity contribution >= 4 is 5.78 Å². The summed E-state index contributed by atoms with van der Waals surface area (Å²) in [5.41, 5.74) is 0. The Morgan fingerprint density at radius 1 is 0.526 bits per heavy atom. The van der Waals surface area contributed by atoms with Gasteiger partial charge in [0, 0.05) is 25.0 Å². The second-order valence-electron chi connectivity index (χ2n) is 13.8. The third kappa shape index (κ3) is 8.79. The maximum absolute atomic E-state index is 15.0. The third-order valence-corrected chi connectivity index (χ3v) is 11.1. The molecule has 0 aliphatic heterocycles. The zero-order valence-electron chi connectivity index (χ0n) is 25.3. The highest BCUT2D eigenvalue weighted by Gasteiger charge is 2.45. The molecule has 0 saturated heterocycles. The van der Waals surface area contributed by atoms with Crippen molar-refractivity contribution < 1.29 is 14.3 Å². The molecule has 2 unspecified atom stereocenters. The van der Waals surface area contributed by atoms with Crippen LogP contribution in [0, 0.1) is 35.5 Å². The lowest BCUT2D eigenvalue weighted by atomic mass is 9.60. The number of unbranched alkanes of at least 4 members (excludes halogenated alkanes) is 2. The lowest BCUT2D eigenvalue weighted by Crippen LogP contribution is -2.44. The molecule has 0 amide bonds. The number of ketones is 1. The van der Waals surface area contributed by atoms with E-state index in [1.54, 1.807) is 0 Å². The van der Waals surface area contributed by atoms with Gasteiger partial charge in [-0.1, -0.05) is 65.2 Å². The van der Waals surface area contributed by atoms with E-state index in [9.17, 15) is 4.79 Å². The second-order valence-corrected chi connectivity index (χ2v) is 13.8. The van der Waals surface area contributed by atoms with Crippen molar-refractivity contribution in [1.29, 1.82) is 0 Å². The van der Waals surface area contributed by atoms with Crippen molar-refractivity contribution in [2.75, 3.05) is 13.2 Å². The first-order valence-corrected chi connectivity index (χ1v) is 17.5. The second kappa shape index (κ2) is 16.8. The quantitative estimate of drug-likeness (QED) is 0.210. The van der Waals surface area contributed by atoms with Crippen LogP contribution in [0.4, 0.5) is 0 Å². The fourth-order valence-electron chi connectivity index (χ4n) is 8.93. The van der Waals surface area contributed by atoms with Crippen molar-refractivity contribution in [3.05, 3.63) is 0 Å². The van der Waals surface area contributed by atoms with E-state index in [1.807, 2.05) is 0 Å². The first-order valence-electron chi connectivity index (χ1n) is 17.5. The molecule has 2 atom stereocenters. The van der Waals surface area contributed by atoms with E-state index in [2.05, 4.69) is 13.8 Å². The average Bonchev–Trinajstić information content (AvgIpc) is 2.96. The third-order valence-electron chi connectivity index (χ3n) is 11.1. The summed E-state index contributed by atoms with van der Waals surface area (Å²) in [5, 5.41) is 0. The molecular formula is C35H62O3. The Morgan fingerprint density at radius 2 is 0.868 bits per heavy atom. The predicted molar refractivity (Wildman–Crippen MR) is 158 cm³/mol. The Hall–Kier alpha value is -0.410. The molecule has 0 aromatic rings. The van der Waals surface area contributed by atoms with E-state index in [0.717, 1.165) is 19.0 Å². The molecule has 0 spiro atoms. The van der Waals surface area contributed by atoms with Crippen LogP contribution in [0.1, 0.15) is 155 Å². The number of carbonyl (C=O) groups excluding carboxylic acids is 1. The fourth-order valence-corrected chi connectivity index (χ4v) is 8.93. The Morgan fingerprint density at radius 3 is 1.21 bits per heavy atom. The normalized spacial score (nSPS) is 31.6. The van der Waals surface area contributed by atoms with Crippen molar-refractivity contribution in [2.24, 2.45) is 35.5 Å². The number of hydrogen-bond donors (Lipinski definition) is 0. The van der Waals surface area contributed by atoms with E-state index < -0.39 is 0 Å². The van der Waals surface area contributed by atoms with Crippen LogP contribution in [0.3, 0.4) is 0 Å². The largest absolute Gasteiger partial charge is 0.378 e. The molecule has 0 N–H and O–H groups in total. The first-order chi connectivity index (χ1) is 18.7. The Kier molecular flexibility index (Phi) is 13.5. The van der Waals surface area contributed by atoms with Gasteiger partial charge in [-0.3, -0.25) is 4.79 Å². The summed E-state index contributed by atoms with van der Waals surface area (Å²) in [6.45, 7) is 6.33. The Labute approximate surface area is 236 Å². The molecule has 0 bridgehead atoms. The summed E-state index contributed by atoms with van der Waals surface area (Å²) in [4.78, 5) is 15.0. The van der Waals surface area contributed by atoms with Crippen LogP contribution < -0.4 is 0 Å². The zero-order chi connectivity index (χ0) is 26.6. The summed E-state index contributed by atoms with van der Waals surface area (Å²) in [5.74, 6) is 3.93. The molecule has 0 heterocycles. The molecule has 38 heavy (non-hydrogen) atoms. The van der Waals surface area contributed by atoms with Crippen LogP contribution in [0.15, 0.2) is 0 Å². The van der Waals surface area contributed by atoms with Crippen LogP contribution >= 0.6 is 0 Å². The standard InChI is InChI=1S/C35H62O3/c1-3-5-25-37-31-21-17-29(18-22-31)33(27-13-9-7-10-14-27)35(36)34(28-15-11-8-12-16-28)30-19-23-32(24-20-30)38-26-6-4-2/h27-34H,3-26H2,1-2H3/t29-,30-,31-,32-,33?,34?. The highest BCUT2D eigenvalue weighted by Crippen LogP contribution is 2.47. The first kappa shape index (κ1) is 30.5. The van der Waals surface area contributed by atoms with Gasteiger partial charge >= 0.3 is 0 Å². The molecule has 0 aromatic carbocycles. The van der Waals surface area contributed by atoms with Gasteiger partial charge in [0.05, 0.1) is 12.2 Å². The van der Waals surface area contributed by atoms with Gasteiger partial charge < -0.3 is 9.47 Å². The minimum absolute atomic E-state index is 0.331. The summed E-state index contributed by atoms with van der Waals surface area (Å²) in [7, 11) is 0. The van der Waals surface area contributed by atoms with Gasteiger partial charge in [0.25, 0.3) is 0 Å². The molecule has 0 radical (unpaired) electrons. The maximum atomic E-state index is 15.0. The zero-order valence-corrected chi connectivity index (χ0v) is 25.3. The fraction of sp³-hybridized carbons (Fsp3) is 0.971. The topological polar surface area (TPSA) is 35.5 Å². The summed E-state index contributed by atoms with van der Waals surface area (Å²) in [6.07, 6.45) is 28.6. The molecule has 4 rings (SSSR count). The van der Waals surface area contributed by atoms with Gasteiger partial charge in [-0.15, -0.1) is 0 Å². The monoisotopic (exact) mass is 530 g/mol. The van der Waals surface area contributed by atoms with Crippen LogP contribution in [0.5, 0.6) is 0 Å². The van der Waals surface area contributed by atoms with E-state index in [0.29, 0.717) is 47.7 Å². The van der Waals surface area contributed by atoms with Gasteiger partial charge in [0.1, 0.15) is 5.78 Å². The lowest BCUT2D eigenvalue weighted by molar-refractivity contribution is -0.138. The number of carbonyl (C=O) groups is 1. The number of ether oxygens (including phenoxy) is 2. The van der Waals surface area contributed by atoms with Crippen LogP contribution in [0.2, 0.25) is 0 Å². The average molecular weight is 531 g/mol. The van der Waals surface area contributed by atoms with Gasteiger partial charge in [0.2, 0.25) is 0 Å². The summed E-state index contributed by atoms with van der Waals surface area (Å²) in [6, 6.07) is 0. The van der Waals surface area contributed by atoms with Crippen LogP contribution in [0.25, 0.3) is 0 Å². The SMILES string of the molecule is CCCCO[C@H]1CC[C@H](C(C(=O)C(C2CCCCC2)[C@H]2CC[C@H](OCCCC)CC2)C2CCCCC2)CC1. The predicted octanol–water partition coefficient (Wildman–Crippen LogP) is 9.70. The van der Waals surface area contributed by atoms with Crippen LogP contribution in [-0.4, -0.2) is 31.2 Å². The molecule has 4 aliphatic carbocycles. The Balaban J connectivity index is 1.45. The van der Waals surface area contributed by atoms with E-state index in [-0.39, 0.29) is 0 Å². The van der Waals surface area contributed by atoms with Gasteiger partial charge in [-0.2, -0.15) is 0 Å². The smallest absolute Gasteiger partial charge is 0.140 e. The Bertz CT molecular complexity index is 580. The molecule has 3 nitrogen and oxygen atoms in total. The molecule has 220 valence electrons. The van der Waals surface area contributed by atoms with E-state index in [1.165, 1.54) is 141 Å². The minimum Gasteiger partial charge on any atom is -0.378 e. The van der Waals surface area contributed by atoms with Crippen molar-refractivity contribution in [3.63, 3.8) is 0 Å². The van der Waals surface area contributed by atoms with Crippen molar-refractivity contribution in [3.8, 4) is 0 Å². The highest BCUT2D eigenvalue weighted by molar-refractivity contribution is 5.84. The van der Waals surface area contributed by atoms with Gasteiger partial charge in [0.15, 0.2) is 0 Å².